The van der Waals surface area contributed by atoms with Crippen LogP contribution in [-0.4, -0.2) is 23.6 Å². The highest BCUT2D eigenvalue weighted by Crippen LogP contribution is 2.13. The molecule has 110 valence electrons. The SMILES string of the molecule is Cc1cc(NC(=O)COC(=O)c2c(F)cccc2F)no1. The number of nitrogens with zero attached hydrogens (tertiary/aromatic N) is 1. The summed E-state index contributed by atoms with van der Waals surface area (Å²) in [6.45, 7) is 0.919. The molecule has 1 N–H and O–H groups in total. The topological polar surface area (TPSA) is 81.4 Å². The van der Waals surface area contributed by atoms with Gasteiger partial charge >= 0.3 is 5.97 Å². The summed E-state index contributed by atoms with van der Waals surface area (Å²) in [5, 5.41) is 5.79. The van der Waals surface area contributed by atoms with Crippen LogP contribution in [-0.2, 0) is 9.53 Å². The van der Waals surface area contributed by atoms with Crippen molar-refractivity contribution < 1.29 is 27.6 Å². The van der Waals surface area contributed by atoms with Crippen LogP contribution in [0.5, 0.6) is 0 Å². The number of ether oxygens (including phenoxy) is 1. The highest BCUT2D eigenvalue weighted by Gasteiger charge is 2.19. The Kier molecular flexibility index (Phi) is 4.27. The fourth-order valence-corrected chi connectivity index (χ4v) is 1.50. The van der Waals surface area contributed by atoms with Gasteiger partial charge in [-0.15, -0.1) is 0 Å². The maximum Gasteiger partial charge on any atom is 0.344 e. The quantitative estimate of drug-likeness (QED) is 0.873. The van der Waals surface area contributed by atoms with E-state index in [0.29, 0.717) is 5.76 Å². The van der Waals surface area contributed by atoms with Crippen molar-refractivity contribution in [3.8, 4) is 0 Å². The molecule has 0 aliphatic rings. The standard InChI is InChI=1S/C13H10F2N2O4/c1-7-5-10(17-21-7)16-11(18)6-20-13(19)12-8(14)3-2-4-9(12)15/h2-5H,6H2,1H3,(H,16,17,18). The van der Waals surface area contributed by atoms with Crippen LogP contribution in [0.4, 0.5) is 14.6 Å². The molecule has 1 aromatic heterocycles. The summed E-state index contributed by atoms with van der Waals surface area (Å²) in [4.78, 5) is 23.0. The Labute approximate surface area is 117 Å². The molecule has 0 spiro atoms. The molecule has 0 fully saturated rings. The van der Waals surface area contributed by atoms with Gasteiger partial charge in [-0.05, 0) is 19.1 Å². The molecule has 2 rings (SSSR count). The van der Waals surface area contributed by atoms with Crippen LogP contribution < -0.4 is 5.32 Å². The van der Waals surface area contributed by atoms with Crippen LogP contribution in [0.25, 0.3) is 0 Å². The lowest BCUT2D eigenvalue weighted by Crippen LogP contribution is -2.22. The smallest absolute Gasteiger partial charge is 0.344 e. The minimum Gasteiger partial charge on any atom is -0.452 e. The number of benzene rings is 1. The number of hydrogen-bond acceptors (Lipinski definition) is 5. The van der Waals surface area contributed by atoms with Gasteiger partial charge in [0, 0.05) is 6.07 Å². The first-order valence-corrected chi connectivity index (χ1v) is 5.81. The molecule has 2 aromatic rings. The van der Waals surface area contributed by atoms with Crippen molar-refractivity contribution in [2.75, 3.05) is 11.9 Å². The molecule has 0 aliphatic heterocycles. The molecule has 0 bridgehead atoms. The Morgan fingerprint density at radius 2 is 2.00 bits per heavy atom. The van der Waals surface area contributed by atoms with E-state index >= 15 is 0 Å². The second kappa shape index (κ2) is 6.12. The predicted molar refractivity (Wildman–Crippen MR) is 66.5 cm³/mol. The number of anilines is 1. The summed E-state index contributed by atoms with van der Waals surface area (Å²) in [7, 11) is 0. The van der Waals surface area contributed by atoms with Crippen molar-refractivity contribution in [2.45, 2.75) is 6.92 Å². The van der Waals surface area contributed by atoms with Crippen LogP contribution in [0.2, 0.25) is 0 Å². The number of halogens is 2. The van der Waals surface area contributed by atoms with E-state index in [9.17, 15) is 18.4 Å². The Hall–Kier alpha value is -2.77. The Morgan fingerprint density at radius 3 is 2.57 bits per heavy atom. The van der Waals surface area contributed by atoms with Crippen LogP contribution in [0.3, 0.4) is 0 Å². The molecule has 0 radical (unpaired) electrons. The highest BCUT2D eigenvalue weighted by atomic mass is 19.1. The number of nitrogens with one attached hydrogen (secondary N) is 1. The van der Waals surface area contributed by atoms with Crippen molar-refractivity contribution >= 4 is 17.7 Å². The number of aromatic nitrogens is 1. The van der Waals surface area contributed by atoms with E-state index in [-0.39, 0.29) is 5.82 Å². The number of carbonyl (C=O) groups excluding carboxylic acids is 2. The van der Waals surface area contributed by atoms with Gasteiger partial charge in [0.15, 0.2) is 12.4 Å². The fourth-order valence-electron chi connectivity index (χ4n) is 1.50. The number of carbonyl (C=O) groups is 2. The third-order valence-electron chi connectivity index (χ3n) is 2.40. The summed E-state index contributed by atoms with van der Waals surface area (Å²) >= 11 is 0. The van der Waals surface area contributed by atoms with Crippen LogP contribution in [0.15, 0.2) is 28.8 Å². The minimum absolute atomic E-state index is 0.144. The molecule has 0 atom stereocenters. The van der Waals surface area contributed by atoms with E-state index in [1.54, 1.807) is 6.92 Å². The largest absolute Gasteiger partial charge is 0.452 e. The van der Waals surface area contributed by atoms with Gasteiger partial charge in [0.25, 0.3) is 5.91 Å². The zero-order valence-electron chi connectivity index (χ0n) is 10.9. The predicted octanol–water partition coefficient (Wildman–Crippen LogP) is 2.06. The summed E-state index contributed by atoms with van der Waals surface area (Å²) in [6, 6.07) is 4.40. The molecule has 0 saturated heterocycles. The van der Waals surface area contributed by atoms with Gasteiger partial charge in [0.1, 0.15) is 23.0 Å². The van der Waals surface area contributed by atoms with E-state index in [2.05, 4.69) is 15.2 Å². The summed E-state index contributed by atoms with van der Waals surface area (Å²) in [5.41, 5.74) is -0.845. The van der Waals surface area contributed by atoms with Crippen LogP contribution in [0.1, 0.15) is 16.1 Å². The number of hydrogen-bond donors (Lipinski definition) is 1. The molecule has 0 aliphatic carbocycles. The first-order valence-electron chi connectivity index (χ1n) is 5.81. The van der Waals surface area contributed by atoms with E-state index < -0.39 is 35.7 Å². The first kappa shape index (κ1) is 14.6. The first-order chi connectivity index (χ1) is 9.97. The molecular weight excluding hydrogens is 286 g/mol. The molecule has 21 heavy (non-hydrogen) atoms. The molecular formula is C13H10F2N2O4. The maximum absolute atomic E-state index is 13.3. The fraction of sp³-hybridized carbons (Fsp3) is 0.154. The third kappa shape index (κ3) is 3.62. The monoisotopic (exact) mass is 296 g/mol. The maximum atomic E-state index is 13.3. The average Bonchev–Trinajstić information content (AvgIpc) is 2.81. The van der Waals surface area contributed by atoms with Gasteiger partial charge in [-0.1, -0.05) is 11.2 Å². The molecule has 0 unspecified atom stereocenters. The van der Waals surface area contributed by atoms with Crippen molar-refractivity contribution in [1.29, 1.82) is 0 Å². The highest BCUT2D eigenvalue weighted by molar-refractivity contribution is 5.95. The van der Waals surface area contributed by atoms with Gasteiger partial charge in [-0.2, -0.15) is 0 Å². The molecule has 8 heteroatoms. The number of rotatable bonds is 4. The lowest BCUT2D eigenvalue weighted by atomic mass is 10.2. The van der Waals surface area contributed by atoms with Gasteiger partial charge in [0.05, 0.1) is 0 Å². The Balaban J connectivity index is 1.93. The summed E-state index contributed by atoms with van der Waals surface area (Å²) < 4.78 is 35.9. The van der Waals surface area contributed by atoms with Gasteiger partial charge < -0.3 is 14.6 Å². The van der Waals surface area contributed by atoms with Crippen molar-refractivity contribution in [3.05, 3.63) is 47.2 Å². The van der Waals surface area contributed by atoms with Crippen molar-refractivity contribution in [1.82, 2.24) is 5.16 Å². The Bertz CT molecular complexity index is 664. The van der Waals surface area contributed by atoms with Gasteiger partial charge in [0.2, 0.25) is 0 Å². The van der Waals surface area contributed by atoms with E-state index in [1.165, 1.54) is 6.07 Å². The summed E-state index contributed by atoms with van der Waals surface area (Å²) in [6.07, 6.45) is 0. The number of esters is 1. The third-order valence-corrected chi connectivity index (χ3v) is 2.40. The summed E-state index contributed by atoms with van der Waals surface area (Å²) in [5.74, 6) is -3.48. The molecule has 1 amide bonds. The zero-order chi connectivity index (χ0) is 15.4. The second-order valence-corrected chi connectivity index (χ2v) is 4.04. The molecule has 1 aromatic carbocycles. The van der Waals surface area contributed by atoms with Crippen molar-refractivity contribution in [2.24, 2.45) is 0 Å². The lowest BCUT2D eigenvalue weighted by Gasteiger charge is -2.06. The van der Waals surface area contributed by atoms with E-state index in [0.717, 1.165) is 18.2 Å². The lowest BCUT2D eigenvalue weighted by molar-refractivity contribution is -0.119. The average molecular weight is 296 g/mol. The second-order valence-electron chi connectivity index (χ2n) is 4.04. The van der Waals surface area contributed by atoms with Crippen molar-refractivity contribution in [3.63, 3.8) is 0 Å². The number of amides is 1. The Morgan fingerprint density at radius 1 is 1.33 bits per heavy atom. The van der Waals surface area contributed by atoms with Crippen LogP contribution >= 0.6 is 0 Å². The zero-order valence-corrected chi connectivity index (χ0v) is 10.9. The molecule has 1 heterocycles. The molecule has 0 saturated carbocycles. The van der Waals surface area contributed by atoms with E-state index in [4.69, 9.17) is 4.52 Å². The molecule has 6 nitrogen and oxygen atoms in total. The minimum atomic E-state index is -1.27. The van der Waals surface area contributed by atoms with Gasteiger partial charge in [-0.3, -0.25) is 4.79 Å². The van der Waals surface area contributed by atoms with Crippen LogP contribution in [0, 0.1) is 18.6 Å². The number of aryl methyl sites for hydroxylation is 1. The normalized spacial score (nSPS) is 10.2. The van der Waals surface area contributed by atoms with Gasteiger partial charge in [-0.25, -0.2) is 13.6 Å². The van der Waals surface area contributed by atoms with E-state index in [1.807, 2.05) is 0 Å².